The molecule has 20 heavy (non-hydrogen) atoms. The first-order valence-electron chi connectivity index (χ1n) is 6.91. The van der Waals surface area contributed by atoms with Gasteiger partial charge in [-0.05, 0) is 47.6 Å². The fraction of sp³-hybridized carbons (Fsp3) is 0.500. The van der Waals surface area contributed by atoms with Crippen molar-refractivity contribution in [2.75, 3.05) is 0 Å². The first kappa shape index (κ1) is 14.7. The molecule has 4 heteroatoms. The minimum atomic E-state index is 0.0820. The van der Waals surface area contributed by atoms with Gasteiger partial charge < -0.3 is 9.73 Å². The molecule has 2 rings (SSSR count). The van der Waals surface area contributed by atoms with Crippen molar-refractivity contribution in [1.29, 1.82) is 0 Å². The Labute approximate surface area is 120 Å². The maximum atomic E-state index is 5.33. The standard InChI is InChI=1S/C16H23N3O/c1-10-14(9-17-16(4,5)6)11(2)19-15(18-10)13-7-8-20-12(13)3/h7-8,17H,9H2,1-6H3. The highest BCUT2D eigenvalue weighted by Gasteiger charge is 2.15. The molecule has 0 amide bonds. The Hall–Kier alpha value is -1.68. The van der Waals surface area contributed by atoms with E-state index in [0.717, 1.165) is 35.1 Å². The molecular weight excluding hydrogens is 250 g/mol. The van der Waals surface area contributed by atoms with Crippen molar-refractivity contribution in [3.05, 3.63) is 35.0 Å². The third kappa shape index (κ3) is 3.25. The first-order chi connectivity index (χ1) is 9.28. The van der Waals surface area contributed by atoms with Gasteiger partial charge in [-0.3, -0.25) is 0 Å². The Kier molecular flexibility index (Phi) is 3.95. The summed E-state index contributed by atoms with van der Waals surface area (Å²) in [6.07, 6.45) is 1.67. The average Bonchev–Trinajstić information content (AvgIpc) is 2.72. The molecule has 0 spiro atoms. The van der Waals surface area contributed by atoms with Gasteiger partial charge in [-0.25, -0.2) is 9.97 Å². The van der Waals surface area contributed by atoms with E-state index in [1.165, 1.54) is 5.56 Å². The molecular formula is C16H23N3O. The van der Waals surface area contributed by atoms with E-state index in [9.17, 15) is 0 Å². The molecule has 0 unspecified atom stereocenters. The largest absolute Gasteiger partial charge is 0.469 e. The Morgan fingerprint density at radius 2 is 1.70 bits per heavy atom. The minimum Gasteiger partial charge on any atom is -0.469 e. The molecule has 0 aromatic carbocycles. The van der Waals surface area contributed by atoms with Crippen LogP contribution in [0.5, 0.6) is 0 Å². The predicted octanol–water partition coefficient (Wildman–Crippen LogP) is 3.55. The molecule has 0 radical (unpaired) electrons. The van der Waals surface area contributed by atoms with Gasteiger partial charge in [-0.1, -0.05) is 0 Å². The lowest BCUT2D eigenvalue weighted by Gasteiger charge is -2.22. The number of hydrogen-bond donors (Lipinski definition) is 1. The second-order valence-corrected chi connectivity index (χ2v) is 6.19. The number of aryl methyl sites for hydroxylation is 3. The van der Waals surface area contributed by atoms with Crippen molar-refractivity contribution in [2.24, 2.45) is 0 Å². The number of hydrogen-bond acceptors (Lipinski definition) is 4. The summed E-state index contributed by atoms with van der Waals surface area (Å²) in [6.45, 7) is 13.2. The van der Waals surface area contributed by atoms with E-state index in [1.54, 1.807) is 6.26 Å². The zero-order valence-electron chi connectivity index (χ0n) is 13.2. The van der Waals surface area contributed by atoms with Crippen LogP contribution in [0.4, 0.5) is 0 Å². The lowest BCUT2D eigenvalue weighted by molar-refractivity contribution is 0.422. The van der Waals surface area contributed by atoms with Crippen LogP contribution in [0, 0.1) is 20.8 Å². The van der Waals surface area contributed by atoms with Gasteiger partial charge in [0.15, 0.2) is 5.82 Å². The van der Waals surface area contributed by atoms with Crippen LogP contribution >= 0.6 is 0 Å². The van der Waals surface area contributed by atoms with Crippen molar-refractivity contribution < 1.29 is 4.42 Å². The highest BCUT2D eigenvalue weighted by atomic mass is 16.3. The maximum Gasteiger partial charge on any atom is 0.163 e. The Bertz CT molecular complexity index is 585. The Morgan fingerprint density at radius 1 is 1.10 bits per heavy atom. The fourth-order valence-electron chi connectivity index (χ4n) is 2.09. The molecule has 4 nitrogen and oxygen atoms in total. The number of nitrogens with one attached hydrogen (secondary N) is 1. The van der Waals surface area contributed by atoms with Gasteiger partial charge in [0.2, 0.25) is 0 Å². The van der Waals surface area contributed by atoms with Crippen LogP contribution in [0.2, 0.25) is 0 Å². The summed E-state index contributed by atoms with van der Waals surface area (Å²) >= 11 is 0. The highest BCUT2D eigenvalue weighted by Crippen LogP contribution is 2.23. The topological polar surface area (TPSA) is 51.0 Å². The lowest BCUT2D eigenvalue weighted by atomic mass is 10.1. The van der Waals surface area contributed by atoms with Gasteiger partial charge in [-0.2, -0.15) is 0 Å². The van der Waals surface area contributed by atoms with Crippen molar-refractivity contribution >= 4 is 0 Å². The summed E-state index contributed by atoms with van der Waals surface area (Å²) in [5.41, 5.74) is 4.25. The molecule has 0 atom stereocenters. The fourth-order valence-corrected chi connectivity index (χ4v) is 2.09. The molecule has 0 saturated heterocycles. The molecule has 0 saturated carbocycles. The van der Waals surface area contributed by atoms with Crippen molar-refractivity contribution in [3.8, 4) is 11.4 Å². The van der Waals surface area contributed by atoms with Crippen molar-refractivity contribution in [1.82, 2.24) is 15.3 Å². The van der Waals surface area contributed by atoms with E-state index < -0.39 is 0 Å². The minimum absolute atomic E-state index is 0.0820. The normalized spacial score (nSPS) is 11.9. The number of nitrogens with zero attached hydrogens (tertiary/aromatic N) is 2. The van der Waals surface area contributed by atoms with E-state index in [1.807, 2.05) is 26.8 Å². The van der Waals surface area contributed by atoms with Crippen LogP contribution < -0.4 is 5.32 Å². The molecule has 0 bridgehead atoms. The molecule has 0 aliphatic heterocycles. The van der Waals surface area contributed by atoms with E-state index in [-0.39, 0.29) is 5.54 Å². The average molecular weight is 273 g/mol. The molecule has 0 aliphatic carbocycles. The van der Waals surface area contributed by atoms with Crippen molar-refractivity contribution in [3.63, 3.8) is 0 Å². The second-order valence-electron chi connectivity index (χ2n) is 6.19. The second kappa shape index (κ2) is 5.37. The third-order valence-electron chi connectivity index (χ3n) is 3.32. The predicted molar refractivity (Wildman–Crippen MR) is 80.5 cm³/mol. The third-order valence-corrected chi connectivity index (χ3v) is 3.32. The van der Waals surface area contributed by atoms with Crippen LogP contribution in [0.15, 0.2) is 16.7 Å². The molecule has 0 fully saturated rings. The van der Waals surface area contributed by atoms with Gasteiger partial charge in [0.05, 0.1) is 11.8 Å². The van der Waals surface area contributed by atoms with Crippen LogP contribution in [0.25, 0.3) is 11.4 Å². The Balaban J connectivity index is 2.32. The van der Waals surface area contributed by atoms with E-state index >= 15 is 0 Å². The summed E-state index contributed by atoms with van der Waals surface area (Å²) < 4.78 is 5.33. The molecule has 2 aromatic heterocycles. The van der Waals surface area contributed by atoms with Crippen LogP contribution in [0.1, 0.15) is 43.5 Å². The van der Waals surface area contributed by atoms with Gasteiger partial charge in [-0.15, -0.1) is 0 Å². The van der Waals surface area contributed by atoms with Crippen LogP contribution in [0.3, 0.4) is 0 Å². The van der Waals surface area contributed by atoms with E-state index in [0.29, 0.717) is 0 Å². The molecule has 2 aromatic rings. The summed E-state index contributed by atoms with van der Waals surface area (Å²) in [6, 6.07) is 1.91. The van der Waals surface area contributed by atoms with Crippen LogP contribution in [-0.2, 0) is 6.54 Å². The van der Waals surface area contributed by atoms with E-state index in [4.69, 9.17) is 4.42 Å². The highest BCUT2D eigenvalue weighted by molar-refractivity contribution is 5.57. The maximum absolute atomic E-state index is 5.33. The summed E-state index contributed by atoms with van der Waals surface area (Å²) in [5, 5.41) is 3.49. The molecule has 2 heterocycles. The van der Waals surface area contributed by atoms with Crippen LogP contribution in [-0.4, -0.2) is 15.5 Å². The Morgan fingerprint density at radius 3 is 2.15 bits per heavy atom. The van der Waals surface area contributed by atoms with Gasteiger partial charge in [0, 0.05) is 29.0 Å². The molecule has 1 N–H and O–H groups in total. The zero-order chi connectivity index (χ0) is 14.9. The quantitative estimate of drug-likeness (QED) is 0.929. The zero-order valence-corrected chi connectivity index (χ0v) is 13.2. The number of aromatic nitrogens is 2. The monoisotopic (exact) mass is 273 g/mol. The van der Waals surface area contributed by atoms with Gasteiger partial charge in [0.25, 0.3) is 0 Å². The number of rotatable bonds is 3. The summed E-state index contributed by atoms with van der Waals surface area (Å²) in [4.78, 5) is 9.25. The summed E-state index contributed by atoms with van der Waals surface area (Å²) in [5.74, 6) is 1.59. The summed E-state index contributed by atoms with van der Waals surface area (Å²) in [7, 11) is 0. The lowest BCUT2D eigenvalue weighted by Crippen LogP contribution is -2.35. The molecule has 0 aliphatic rings. The van der Waals surface area contributed by atoms with E-state index in [2.05, 4.69) is 36.1 Å². The smallest absolute Gasteiger partial charge is 0.163 e. The number of furan rings is 1. The van der Waals surface area contributed by atoms with Crippen molar-refractivity contribution in [2.45, 2.75) is 53.6 Å². The van der Waals surface area contributed by atoms with Gasteiger partial charge in [0.1, 0.15) is 5.76 Å². The first-order valence-corrected chi connectivity index (χ1v) is 6.91. The van der Waals surface area contributed by atoms with Gasteiger partial charge >= 0.3 is 0 Å². The SMILES string of the molecule is Cc1nc(-c2ccoc2C)nc(C)c1CNC(C)(C)C. The molecule has 108 valence electrons.